The molecule has 0 spiro atoms. The Kier molecular flexibility index (Phi) is 7.54. The summed E-state index contributed by atoms with van der Waals surface area (Å²) in [5.74, 6) is 1.51. The van der Waals surface area contributed by atoms with Crippen LogP contribution in [0, 0.1) is 0 Å². The highest BCUT2D eigenvalue weighted by molar-refractivity contribution is 7.84. The number of benzene rings is 2. The number of rotatable bonds is 6. The number of carbonyl (C=O) groups is 1. The van der Waals surface area contributed by atoms with Gasteiger partial charge < -0.3 is 20.3 Å². The van der Waals surface area contributed by atoms with Crippen molar-refractivity contribution in [1.82, 2.24) is 15.3 Å². The molecule has 1 aliphatic rings. The molecular formula is C23H24ClN5O3S. The molecule has 2 aromatic carbocycles. The number of carbonyl (C=O) groups excluding carboxylic acids is 1. The molecule has 2 amide bonds. The summed E-state index contributed by atoms with van der Waals surface area (Å²) in [5.41, 5.74) is 2.10. The first-order chi connectivity index (χ1) is 16.0. The standard InChI is InChI=1S/C23H24ClN5O3S/c1-25-23(30)27-17-8-6-16(7-9-17)22-26-18(14-21(28-22)29-10-12-32-13-11-29)15-33(31)20-5-3-2-4-19(20)24/h2-9,14H,10-13,15H2,1H3,(H2,25,27,30). The van der Waals surface area contributed by atoms with Gasteiger partial charge >= 0.3 is 6.03 Å². The SMILES string of the molecule is CNC(=O)Nc1ccc(-c2nc(CS(=O)c3ccccc3Cl)cc(N3CCOCC3)n2)cc1. The molecule has 10 heteroatoms. The summed E-state index contributed by atoms with van der Waals surface area (Å²) in [4.78, 5) is 23.7. The van der Waals surface area contributed by atoms with Crippen LogP contribution in [0.25, 0.3) is 11.4 Å². The number of anilines is 2. The molecule has 172 valence electrons. The quantitative estimate of drug-likeness (QED) is 0.552. The second kappa shape index (κ2) is 10.7. The Labute approximate surface area is 199 Å². The van der Waals surface area contributed by atoms with Crippen molar-refractivity contribution in [3.63, 3.8) is 0 Å². The van der Waals surface area contributed by atoms with Crippen molar-refractivity contribution >= 4 is 39.9 Å². The van der Waals surface area contributed by atoms with Crippen molar-refractivity contribution in [2.45, 2.75) is 10.6 Å². The van der Waals surface area contributed by atoms with E-state index >= 15 is 0 Å². The molecule has 1 atom stereocenters. The van der Waals surface area contributed by atoms with Gasteiger partial charge in [0.1, 0.15) is 5.82 Å². The minimum atomic E-state index is -1.36. The van der Waals surface area contributed by atoms with Gasteiger partial charge in [0.05, 0.1) is 45.4 Å². The molecule has 3 aromatic rings. The van der Waals surface area contributed by atoms with Gasteiger partial charge in [0, 0.05) is 37.5 Å². The lowest BCUT2D eigenvalue weighted by Gasteiger charge is -2.28. The van der Waals surface area contributed by atoms with Gasteiger partial charge in [-0.1, -0.05) is 23.7 Å². The third-order valence-corrected chi connectivity index (χ3v) is 6.94. The molecule has 2 N–H and O–H groups in total. The first-order valence-electron chi connectivity index (χ1n) is 10.5. The smallest absolute Gasteiger partial charge is 0.318 e. The molecule has 1 unspecified atom stereocenters. The van der Waals surface area contributed by atoms with Crippen LogP contribution in [-0.2, 0) is 21.3 Å². The second-order valence-electron chi connectivity index (χ2n) is 7.34. The predicted molar refractivity (Wildman–Crippen MR) is 130 cm³/mol. The van der Waals surface area contributed by atoms with E-state index in [9.17, 15) is 9.00 Å². The van der Waals surface area contributed by atoms with E-state index in [-0.39, 0.29) is 11.8 Å². The Morgan fingerprint density at radius 1 is 1.12 bits per heavy atom. The van der Waals surface area contributed by atoms with Crippen LogP contribution in [0.2, 0.25) is 5.02 Å². The molecule has 4 rings (SSSR count). The van der Waals surface area contributed by atoms with E-state index in [0.29, 0.717) is 40.3 Å². The van der Waals surface area contributed by atoms with Crippen molar-refractivity contribution in [2.24, 2.45) is 0 Å². The molecule has 0 radical (unpaired) electrons. The minimum absolute atomic E-state index is 0.215. The average Bonchev–Trinajstić information content (AvgIpc) is 2.85. The van der Waals surface area contributed by atoms with E-state index in [4.69, 9.17) is 26.3 Å². The number of hydrogen-bond acceptors (Lipinski definition) is 6. The third kappa shape index (κ3) is 5.87. The fraction of sp³-hybridized carbons (Fsp3) is 0.261. The van der Waals surface area contributed by atoms with Gasteiger partial charge in [0.25, 0.3) is 0 Å². The Morgan fingerprint density at radius 3 is 2.55 bits per heavy atom. The lowest BCUT2D eigenvalue weighted by atomic mass is 10.2. The van der Waals surface area contributed by atoms with Crippen molar-refractivity contribution < 1.29 is 13.7 Å². The average molecular weight is 486 g/mol. The summed E-state index contributed by atoms with van der Waals surface area (Å²) >= 11 is 6.24. The molecule has 0 aliphatic carbocycles. The van der Waals surface area contributed by atoms with Crippen molar-refractivity contribution in [2.75, 3.05) is 43.6 Å². The maximum Gasteiger partial charge on any atom is 0.318 e. The summed E-state index contributed by atoms with van der Waals surface area (Å²) in [6.45, 7) is 2.69. The first kappa shape index (κ1) is 23.2. The number of nitrogens with one attached hydrogen (secondary N) is 2. The van der Waals surface area contributed by atoms with Gasteiger partial charge in [-0.3, -0.25) is 4.21 Å². The number of urea groups is 1. The number of nitrogens with zero attached hydrogens (tertiary/aromatic N) is 3. The number of amides is 2. The highest BCUT2D eigenvalue weighted by atomic mass is 35.5. The highest BCUT2D eigenvalue weighted by Crippen LogP contribution is 2.25. The largest absolute Gasteiger partial charge is 0.378 e. The summed E-state index contributed by atoms with van der Waals surface area (Å²) in [6, 6.07) is 16.0. The normalized spacial score (nSPS) is 14.5. The van der Waals surface area contributed by atoms with Crippen LogP contribution >= 0.6 is 11.6 Å². The van der Waals surface area contributed by atoms with Crippen LogP contribution in [0.5, 0.6) is 0 Å². The van der Waals surface area contributed by atoms with Gasteiger partial charge in [-0.2, -0.15) is 0 Å². The summed E-state index contributed by atoms with van der Waals surface area (Å²) in [5, 5.41) is 5.72. The molecule has 1 saturated heterocycles. The number of hydrogen-bond donors (Lipinski definition) is 2. The number of halogens is 1. The molecule has 8 nitrogen and oxygen atoms in total. The van der Waals surface area contributed by atoms with Crippen molar-refractivity contribution in [1.29, 1.82) is 0 Å². The van der Waals surface area contributed by atoms with Crippen molar-refractivity contribution in [3.8, 4) is 11.4 Å². The second-order valence-corrected chi connectivity index (χ2v) is 9.17. The predicted octanol–water partition coefficient (Wildman–Crippen LogP) is 3.69. The Morgan fingerprint density at radius 2 is 1.85 bits per heavy atom. The van der Waals surface area contributed by atoms with Crippen LogP contribution in [0.15, 0.2) is 59.5 Å². The summed E-state index contributed by atoms with van der Waals surface area (Å²) in [6.07, 6.45) is 0. The number of aromatic nitrogens is 2. The molecule has 1 aromatic heterocycles. The lowest BCUT2D eigenvalue weighted by molar-refractivity contribution is 0.122. The van der Waals surface area contributed by atoms with Crippen LogP contribution in [0.4, 0.5) is 16.3 Å². The Balaban J connectivity index is 1.65. The maximum absolute atomic E-state index is 13.0. The Hall–Kier alpha value is -3.01. The van der Waals surface area contributed by atoms with E-state index in [1.807, 2.05) is 30.3 Å². The zero-order valence-electron chi connectivity index (χ0n) is 18.1. The monoisotopic (exact) mass is 485 g/mol. The van der Waals surface area contributed by atoms with Gasteiger partial charge in [-0.25, -0.2) is 14.8 Å². The van der Waals surface area contributed by atoms with Crippen LogP contribution < -0.4 is 15.5 Å². The maximum atomic E-state index is 13.0. The van der Waals surface area contributed by atoms with Gasteiger partial charge in [0.15, 0.2) is 5.82 Å². The van der Waals surface area contributed by atoms with Crippen LogP contribution in [0.3, 0.4) is 0 Å². The molecule has 0 saturated carbocycles. The lowest BCUT2D eigenvalue weighted by Crippen LogP contribution is -2.37. The van der Waals surface area contributed by atoms with E-state index in [0.717, 1.165) is 24.5 Å². The molecule has 0 bridgehead atoms. The molecule has 2 heterocycles. The highest BCUT2D eigenvalue weighted by Gasteiger charge is 2.18. The van der Waals surface area contributed by atoms with E-state index in [2.05, 4.69) is 15.5 Å². The molecule has 33 heavy (non-hydrogen) atoms. The first-order valence-corrected chi connectivity index (χ1v) is 12.2. The molecular weight excluding hydrogens is 462 g/mol. The Bertz CT molecular complexity index is 1150. The topological polar surface area (TPSA) is 96.5 Å². The van der Waals surface area contributed by atoms with Crippen molar-refractivity contribution in [3.05, 3.63) is 65.3 Å². The van der Waals surface area contributed by atoms with Gasteiger partial charge in [0.2, 0.25) is 0 Å². The van der Waals surface area contributed by atoms with E-state index < -0.39 is 10.8 Å². The molecule has 1 aliphatic heterocycles. The minimum Gasteiger partial charge on any atom is -0.378 e. The fourth-order valence-electron chi connectivity index (χ4n) is 3.38. The van der Waals surface area contributed by atoms with Crippen LogP contribution in [0.1, 0.15) is 5.69 Å². The number of ether oxygens (including phenoxy) is 1. The third-order valence-electron chi connectivity index (χ3n) is 5.09. The summed E-state index contributed by atoms with van der Waals surface area (Å²) in [7, 11) is 0.203. The van der Waals surface area contributed by atoms with E-state index in [1.54, 1.807) is 31.3 Å². The van der Waals surface area contributed by atoms with Gasteiger partial charge in [-0.15, -0.1) is 0 Å². The van der Waals surface area contributed by atoms with E-state index in [1.165, 1.54) is 0 Å². The van der Waals surface area contributed by atoms with Gasteiger partial charge in [-0.05, 0) is 36.4 Å². The fourth-order valence-corrected chi connectivity index (χ4v) is 4.86. The summed E-state index contributed by atoms with van der Waals surface area (Å²) < 4.78 is 18.5. The zero-order chi connectivity index (χ0) is 23.2. The molecule has 1 fully saturated rings. The van der Waals surface area contributed by atoms with Crippen LogP contribution in [-0.4, -0.2) is 53.6 Å². The zero-order valence-corrected chi connectivity index (χ0v) is 19.7. The number of morpholine rings is 1.